The number of aliphatic carboxylic acids is 1. The maximum atomic E-state index is 10.7. The van der Waals surface area contributed by atoms with Crippen LogP contribution >= 0.6 is 11.6 Å². The maximum absolute atomic E-state index is 10.7. The van der Waals surface area contributed by atoms with E-state index >= 15 is 0 Å². The molecule has 96 valence electrons. The van der Waals surface area contributed by atoms with Crippen LogP contribution in [-0.4, -0.2) is 15.6 Å². The number of halogens is 1. The van der Waals surface area contributed by atoms with Gasteiger partial charge in [0.05, 0.1) is 0 Å². The number of nitrogens with zero attached hydrogens (tertiary/aromatic N) is 1. The Hall–Kier alpha value is -1.48. The molecular weight excluding hydrogens is 250 g/mol. The van der Waals surface area contributed by atoms with Crippen LogP contribution in [-0.2, 0) is 11.2 Å². The lowest BCUT2D eigenvalue weighted by atomic mass is 10.1. The highest BCUT2D eigenvalue weighted by Gasteiger charge is 2.12. The van der Waals surface area contributed by atoms with Gasteiger partial charge in [0.25, 0.3) is 0 Å². The molecule has 0 atom stereocenters. The van der Waals surface area contributed by atoms with E-state index in [1.54, 1.807) is 0 Å². The summed E-state index contributed by atoms with van der Waals surface area (Å²) in [6.45, 7) is 4.21. The van der Waals surface area contributed by atoms with Crippen LogP contribution in [0.25, 0.3) is 10.9 Å². The van der Waals surface area contributed by atoms with Gasteiger partial charge in [-0.15, -0.1) is 0 Å². The van der Waals surface area contributed by atoms with Gasteiger partial charge in [-0.3, -0.25) is 4.79 Å². The summed E-state index contributed by atoms with van der Waals surface area (Å²) in [6.07, 6.45) is 2.71. The van der Waals surface area contributed by atoms with Gasteiger partial charge in [-0.2, -0.15) is 0 Å². The van der Waals surface area contributed by atoms with Crippen molar-refractivity contribution in [1.29, 1.82) is 0 Å². The second-order valence-electron chi connectivity index (χ2n) is 4.71. The Morgan fingerprint density at radius 1 is 1.44 bits per heavy atom. The van der Waals surface area contributed by atoms with Gasteiger partial charge in [0.2, 0.25) is 0 Å². The third-order valence-corrected chi connectivity index (χ3v) is 3.28. The van der Waals surface area contributed by atoms with Crippen molar-refractivity contribution < 1.29 is 9.90 Å². The molecule has 0 spiro atoms. The number of fused-ring (bicyclic) bond motifs is 1. The third-order valence-electron chi connectivity index (χ3n) is 3.04. The molecule has 0 saturated heterocycles. The van der Waals surface area contributed by atoms with Crippen LogP contribution in [0.15, 0.2) is 24.4 Å². The number of benzene rings is 1. The number of hydrogen-bond donors (Lipinski definition) is 1. The van der Waals surface area contributed by atoms with Gasteiger partial charge in [-0.05, 0) is 44.0 Å². The van der Waals surface area contributed by atoms with Crippen molar-refractivity contribution in [3.63, 3.8) is 0 Å². The number of aromatic nitrogens is 1. The van der Waals surface area contributed by atoms with Gasteiger partial charge >= 0.3 is 5.97 Å². The molecule has 0 radical (unpaired) electrons. The van der Waals surface area contributed by atoms with E-state index in [0.29, 0.717) is 17.5 Å². The van der Waals surface area contributed by atoms with Gasteiger partial charge in [0.1, 0.15) is 0 Å². The zero-order chi connectivity index (χ0) is 13.3. The summed E-state index contributed by atoms with van der Waals surface area (Å²) in [5.41, 5.74) is 2.15. The molecule has 18 heavy (non-hydrogen) atoms. The summed E-state index contributed by atoms with van der Waals surface area (Å²) in [7, 11) is 0. The van der Waals surface area contributed by atoms with Crippen molar-refractivity contribution in [2.45, 2.75) is 32.7 Å². The lowest BCUT2D eigenvalue weighted by molar-refractivity contribution is -0.136. The molecule has 0 aliphatic rings. The molecule has 1 N–H and O–H groups in total. The summed E-state index contributed by atoms with van der Waals surface area (Å²) in [5.74, 6) is -0.775. The number of hydrogen-bond acceptors (Lipinski definition) is 1. The summed E-state index contributed by atoms with van der Waals surface area (Å²) < 4.78 is 2.16. The lowest BCUT2D eigenvalue weighted by Gasteiger charge is -2.08. The van der Waals surface area contributed by atoms with E-state index in [9.17, 15) is 4.79 Å². The molecule has 0 saturated carbocycles. The molecule has 0 aliphatic carbocycles. The van der Waals surface area contributed by atoms with Crippen LogP contribution in [0.4, 0.5) is 0 Å². The second-order valence-corrected chi connectivity index (χ2v) is 5.15. The summed E-state index contributed by atoms with van der Waals surface area (Å²) in [6, 6.07) is 6.10. The first kappa shape index (κ1) is 13.0. The van der Waals surface area contributed by atoms with Crippen molar-refractivity contribution in [2.75, 3.05) is 0 Å². The maximum Gasteiger partial charge on any atom is 0.303 e. The van der Waals surface area contributed by atoms with Crippen LogP contribution in [0.1, 0.15) is 31.9 Å². The van der Waals surface area contributed by atoms with Crippen LogP contribution < -0.4 is 0 Å². The van der Waals surface area contributed by atoms with Gasteiger partial charge in [0.15, 0.2) is 0 Å². The first-order valence-corrected chi connectivity index (χ1v) is 6.37. The minimum absolute atomic E-state index is 0.143. The topological polar surface area (TPSA) is 42.2 Å². The molecule has 2 aromatic rings. The average molecular weight is 266 g/mol. The van der Waals surface area contributed by atoms with Crippen LogP contribution in [0, 0.1) is 0 Å². The number of carboxylic acids is 1. The van der Waals surface area contributed by atoms with Crippen molar-refractivity contribution in [3.8, 4) is 0 Å². The Bertz CT molecular complexity index is 587. The largest absolute Gasteiger partial charge is 0.481 e. The minimum atomic E-state index is -0.775. The van der Waals surface area contributed by atoms with Gasteiger partial charge in [0, 0.05) is 34.6 Å². The first-order chi connectivity index (χ1) is 8.49. The highest BCUT2D eigenvalue weighted by Crippen LogP contribution is 2.28. The van der Waals surface area contributed by atoms with E-state index < -0.39 is 5.97 Å². The molecular formula is C14H16ClNO2. The fourth-order valence-electron chi connectivity index (χ4n) is 2.17. The van der Waals surface area contributed by atoms with Crippen LogP contribution in [0.3, 0.4) is 0 Å². The van der Waals surface area contributed by atoms with Gasteiger partial charge in [-0.1, -0.05) is 11.6 Å². The van der Waals surface area contributed by atoms with E-state index in [2.05, 4.69) is 18.4 Å². The highest BCUT2D eigenvalue weighted by atomic mass is 35.5. The molecule has 2 rings (SSSR count). The Balaban J connectivity index is 2.51. The lowest BCUT2D eigenvalue weighted by Crippen LogP contribution is -1.98. The van der Waals surface area contributed by atoms with Crippen molar-refractivity contribution in [2.24, 2.45) is 0 Å². The Labute approximate surface area is 111 Å². The average Bonchev–Trinajstić information content (AvgIpc) is 2.64. The van der Waals surface area contributed by atoms with Crippen LogP contribution in [0.5, 0.6) is 0 Å². The number of rotatable bonds is 4. The van der Waals surface area contributed by atoms with Crippen molar-refractivity contribution >= 4 is 28.5 Å². The van der Waals surface area contributed by atoms with E-state index in [1.807, 2.05) is 24.4 Å². The molecule has 0 amide bonds. The number of aryl methyl sites for hydroxylation is 1. The third kappa shape index (κ3) is 2.51. The molecule has 1 heterocycles. The van der Waals surface area contributed by atoms with Crippen LogP contribution in [0.2, 0.25) is 5.02 Å². The fourth-order valence-corrected chi connectivity index (χ4v) is 2.34. The zero-order valence-corrected chi connectivity index (χ0v) is 11.2. The Morgan fingerprint density at radius 3 is 2.78 bits per heavy atom. The van der Waals surface area contributed by atoms with E-state index in [1.165, 1.54) is 0 Å². The second kappa shape index (κ2) is 5.02. The highest BCUT2D eigenvalue weighted by molar-refractivity contribution is 6.31. The summed E-state index contributed by atoms with van der Waals surface area (Å²) >= 11 is 6.02. The predicted molar refractivity (Wildman–Crippen MR) is 73.3 cm³/mol. The van der Waals surface area contributed by atoms with E-state index in [0.717, 1.165) is 16.5 Å². The Kier molecular flexibility index (Phi) is 3.62. The molecule has 4 heteroatoms. The SMILES string of the molecule is CC(C)n1cc(CCC(=O)O)c2cc(Cl)ccc21. The zero-order valence-electron chi connectivity index (χ0n) is 10.5. The monoisotopic (exact) mass is 265 g/mol. The van der Waals surface area contributed by atoms with Crippen molar-refractivity contribution in [3.05, 3.63) is 35.0 Å². The smallest absolute Gasteiger partial charge is 0.303 e. The molecule has 0 fully saturated rings. The number of carbonyl (C=O) groups is 1. The molecule has 3 nitrogen and oxygen atoms in total. The van der Waals surface area contributed by atoms with Gasteiger partial charge < -0.3 is 9.67 Å². The Morgan fingerprint density at radius 2 is 2.17 bits per heavy atom. The summed E-state index contributed by atoms with van der Waals surface area (Å²) in [4.78, 5) is 10.7. The quantitative estimate of drug-likeness (QED) is 0.911. The summed E-state index contributed by atoms with van der Waals surface area (Å²) in [5, 5.41) is 10.5. The normalized spacial score (nSPS) is 11.3. The molecule has 0 bridgehead atoms. The first-order valence-electron chi connectivity index (χ1n) is 6.00. The van der Waals surface area contributed by atoms with E-state index in [-0.39, 0.29) is 6.42 Å². The minimum Gasteiger partial charge on any atom is -0.481 e. The fraction of sp³-hybridized carbons (Fsp3) is 0.357. The standard InChI is InChI=1S/C14H16ClNO2/c1-9(2)16-8-10(3-6-14(17)18)12-7-11(15)4-5-13(12)16/h4-5,7-9H,3,6H2,1-2H3,(H,17,18). The number of carboxylic acid groups (broad SMARTS) is 1. The molecule has 1 aromatic heterocycles. The molecule has 1 aromatic carbocycles. The van der Waals surface area contributed by atoms with Gasteiger partial charge in [-0.25, -0.2) is 0 Å². The predicted octanol–water partition coefficient (Wildman–Crippen LogP) is 3.89. The van der Waals surface area contributed by atoms with E-state index in [4.69, 9.17) is 16.7 Å². The molecule has 0 aliphatic heterocycles. The van der Waals surface area contributed by atoms with Crippen molar-refractivity contribution in [1.82, 2.24) is 4.57 Å². The molecule has 0 unspecified atom stereocenters.